The maximum atomic E-state index is 13.8. The molecule has 0 bridgehead atoms. The van der Waals surface area contributed by atoms with Crippen molar-refractivity contribution in [1.82, 2.24) is 10.2 Å². The van der Waals surface area contributed by atoms with E-state index in [1.54, 1.807) is 6.07 Å². The van der Waals surface area contributed by atoms with Crippen molar-refractivity contribution in [2.24, 2.45) is 11.7 Å². The topological polar surface area (TPSA) is 58.4 Å². The molecule has 2 rings (SSSR count). The van der Waals surface area contributed by atoms with Crippen molar-refractivity contribution in [3.05, 3.63) is 34.6 Å². The van der Waals surface area contributed by atoms with Gasteiger partial charge in [0, 0.05) is 12.6 Å². The minimum Gasteiger partial charge on any atom is -0.354 e. The quantitative estimate of drug-likeness (QED) is 0.800. The van der Waals surface area contributed by atoms with Crippen molar-refractivity contribution < 1.29 is 9.18 Å². The van der Waals surface area contributed by atoms with Crippen LogP contribution in [0.3, 0.4) is 0 Å². The van der Waals surface area contributed by atoms with E-state index in [1.807, 2.05) is 20.0 Å². The average molecular weight is 378 g/mol. The van der Waals surface area contributed by atoms with Crippen LogP contribution < -0.4 is 11.1 Å². The van der Waals surface area contributed by atoms with Gasteiger partial charge in [-0.15, -0.1) is 12.4 Å². The number of hydrogen-bond acceptors (Lipinski definition) is 3. The van der Waals surface area contributed by atoms with Crippen LogP contribution >= 0.6 is 24.0 Å². The van der Waals surface area contributed by atoms with E-state index in [2.05, 4.69) is 10.2 Å². The maximum Gasteiger partial charge on any atom is 0.236 e. The zero-order valence-corrected chi connectivity index (χ0v) is 15.7. The molecule has 1 aliphatic rings. The highest BCUT2D eigenvalue weighted by Gasteiger charge is 2.33. The summed E-state index contributed by atoms with van der Waals surface area (Å²) in [6.07, 6.45) is 2.52. The molecule has 7 heteroatoms. The third-order valence-electron chi connectivity index (χ3n) is 4.53. The van der Waals surface area contributed by atoms with Gasteiger partial charge in [-0.25, -0.2) is 4.39 Å². The van der Waals surface area contributed by atoms with Crippen molar-refractivity contribution in [3.8, 4) is 0 Å². The Labute approximate surface area is 154 Å². The van der Waals surface area contributed by atoms with E-state index < -0.39 is 11.9 Å². The highest BCUT2D eigenvalue weighted by atomic mass is 35.5. The minimum atomic E-state index is -0.453. The molecule has 24 heavy (non-hydrogen) atoms. The first-order valence-electron chi connectivity index (χ1n) is 8.12. The number of nitrogens with zero attached hydrogens (tertiary/aromatic N) is 1. The summed E-state index contributed by atoms with van der Waals surface area (Å²) < 4.78 is 13.8. The SMILES string of the molecule is CCCC(N)C(=O)NCC1CCN(C)C1c1ccc(Cl)c(F)c1.Cl. The van der Waals surface area contributed by atoms with Gasteiger partial charge in [-0.2, -0.15) is 0 Å². The Balaban J connectivity index is 0.00000288. The van der Waals surface area contributed by atoms with Crippen LogP contribution in [0.2, 0.25) is 5.02 Å². The van der Waals surface area contributed by atoms with Gasteiger partial charge in [0.05, 0.1) is 11.1 Å². The summed E-state index contributed by atoms with van der Waals surface area (Å²) in [7, 11) is 2.02. The monoisotopic (exact) mass is 377 g/mol. The summed E-state index contributed by atoms with van der Waals surface area (Å²) in [5.74, 6) is -0.280. The van der Waals surface area contributed by atoms with E-state index in [9.17, 15) is 9.18 Å². The Morgan fingerprint density at radius 3 is 2.88 bits per heavy atom. The van der Waals surface area contributed by atoms with E-state index in [-0.39, 0.29) is 35.3 Å². The van der Waals surface area contributed by atoms with Gasteiger partial charge in [0.25, 0.3) is 0 Å². The number of benzene rings is 1. The van der Waals surface area contributed by atoms with Crippen molar-refractivity contribution >= 4 is 29.9 Å². The summed E-state index contributed by atoms with van der Waals surface area (Å²) in [5, 5.41) is 3.07. The minimum absolute atomic E-state index is 0. The summed E-state index contributed by atoms with van der Waals surface area (Å²) >= 11 is 5.77. The number of hydrogen-bond donors (Lipinski definition) is 2. The molecule has 4 nitrogen and oxygen atoms in total. The predicted molar refractivity (Wildman–Crippen MR) is 98.0 cm³/mol. The molecular weight excluding hydrogens is 352 g/mol. The van der Waals surface area contributed by atoms with Crippen LogP contribution in [0.4, 0.5) is 4.39 Å². The second-order valence-corrected chi connectivity index (χ2v) is 6.70. The number of nitrogens with one attached hydrogen (secondary N) is 1. The largest absolute Gasteiger partial charge is 0.354 e. The predicted octanol–water partition coefficient (Wildman–Crippen LogP) is 3.14. The molecule has 0 saturated carbocycles. The van der Waals surface area contributed by atoms with Gasteiger partial charge in [0.2, 0.25) is 5.91 Å². The van der Waals surface area contributed by atoms with Crippen molar-refractivity contribution in [2.45, 2.75) is 38.3 Å². The molecule has 3 unspecified atom stereocenters. The van der Waals surface area contributed by atoms with Crippen LogP contribution in [-0.2, 0) is 4.79 Å². The van der Waals surface area contributed by atoms with Crippen LogP contribution in [0, 0.1) is 11.7 Å². The lowest BCUT2D eigenvalue weighted by Crippen LogP contribution is -2.42. The van der Waals surface area contributed by atoms with E-state index in [4.69, 9.17) is 17.3 Å². The molecule has 3 N–H and O–H groups in total. The highest BCUT2D eigenvalue weighted by molar-refractivity contribution is 6.30. The third-order valence-corrected chi connectivity index (χ3v) is 4.84. The fraction of sp³-hybridized carbons (Fsp3) is 0.588. The number of amides is 1. The fourth-order valence-electron chi connectivity index (χ4n) is 3.27. The normalized spacial score (nSPS) is 22.0. The zero-order chi connectivity index (χ0) is 17.0. The first kappa shape index (κ1) is 21.2. The Hall–Kier alpha value is -0.880. The van der Waals surface area contributed by atoms with Crippen LogP contribution in [0.1, 0.15) is 37.8 Å². The average Bonchev–Trinajstić information content (AvgIpc) is 2.89. The Kier molecular flexibility index (Phi) is 8.43. The number of rotatable bonds is 6. The molecule has 1 amide bonds. The van der Waals surface area contributed by atoms with E-state index in [1.165, 1.54) is 6.07 Å². The molecule has 1 aromatic rings. The van der Waals surface area contributed by atoms with Crippen molar-refractivity contribution in [3.63, 3.8) is 0 Å². The van der Waals surface area contributed by atoms with Gasteiger partial charge in [0.1, 0.15) is 5.82 Å². The lowest BCUT2D eigenvalue weighted by molar-refractivity contribution is -0.122. The molecular formula is C17H26Cl2FN3O. The fourth-order valence-corrected chi connectivity index (χ4v) is 3.39. The van der Waals surface area contributed by atoms with Crippen molar-refractivity contribution in [2.75, 3.05) is 20.1 Å². The maximum absolute atomic E-state index is 13.8. The van der Waals surface area contributed by atoms with E-state index in [0.29, 0.717) is 13.0 Å². The molecule has 1 heterocycles. The second-order valence-electron chi connectivity index (χ2n) is 6.29. The second kappa shape index (κ2) is 9.56. The first-order chi connectivity index (χ1) is 10.9. The lowest BCUT2D eigenvalue weighted by Gasteiger charge is -2.26. The van der Waals surface area contributed by atoms with Crippen LogP contribution in [0.15, 0.2) is 18.2 Å². The van der Waals surface area contributed by atoms with Gasteiger partial charge >= 0.3 is 0 Å². The number of carbonyl (C=O) groups is 1. The van der Waals surface area contributed by atoms with Crippen LogP contribution in [0.25, 0.3) is 0 Å². The van der Waals surface area contributed by atoms with Crippen molar-refractivity contribution in [1.29, 1.82) is 0 Å². The van der Waals surface area contributed by atoms with Crippen LogP contribution in [-0.4, -0.2) is 37.0 Å². The molecule has 1 aliphatic heterocycles. The number of halogens is 3. The highest BCUT2D eigenvalue weighted by Crippen LogP contribution is 2.36. The number of likely N-dealkylation sites (tertiary alicyclic amines) is 1. The summed E-state index contributed by atoms with van der Waals surface area (Å²) in [6, 6.07) is 4.56. The summed E-state index contributed by atoms with van der Waals surface area (Å²) in [4.78, 5) is 14.2. The molecule has 1 saturated heterocycles. The standard InChI is InChI=1S/C17H25ClFN3O.ClH/c1-3-4-15(20)17(23)21-10-12-7-8-22(2)16(12)11-5-6-13(18)14(19)9-11;/h5-6,9,12,15-16H,3-4,7-8,10,20H2,1-2H3,(H,21,23);1H. The zero-order valence-electron chi connectivity index (χ0n) is 14.1. The van der Waals surface area contributed by atoms with Gasteiger partial charge in [-0.05, 0) is 50.0 Å². The van der Waals surface area contributed by atoms with Gasteiger partial charge in [0.15, 0.2) is 0 Å². The summed E-state index contributed by atoms with van der Waals surface area (Å²) in [6.45, 7) is 3.47. The lowest BCUT2D eigenvalue weighted by atomic mass is 9.93. The molecule has 0 radical (unpaired) electrons. The van der Waals surface area contributed by atoms with E-state index >= 15 is 0 Å². The Bertz CT molecular complexity index is 559. The van der Waals surface area contributed by atoms with E-state index in [0.717, 1.165) is 24.9 Å². The Morgan fingerprint density at radius 2 is 2.25 bits per heavy atom. The van der Waals surface area contributed by atoms with Crippen LogP contribution in [0.5, 0.6) is 0 Å². The number of carbonyl (C=O) groups excluding carboxylic acids is 1. The number of nitrogens with two attached hydrogens (primary N) is 1. The van der Waals surface area contributed by atoms with Gasteiger partial charge in [-0.3, -0.25) is 9.69 Å². The Morgan fingerprint density at radius 1 is 1.54 bits per heavy atom. The molecule has 1 aromatic carbocycles. The third kappa shape index (κ3) is 5.06. The molecule has 1 fully saturated rings. The molecule has 136 valence electrons. The van der Waals surface area contributed by atoms with Gasteiger partial charge in [-0.1, -0.05) is 31.0 Å². The van der Waals surface area contributed by atoms with Gasteiger partial charge < -0.3 is 11.1 Å². The summed E-state index contributed by atoms with van der Waals surface area (Å²) in [5.41, 5.74) is 6.73. The molecule has 3 atom stereocenters. The molecule has 0 aliphatic carbocycles. The molecule has 0 aromatic heterocycles. The first-order valence-corrected chi connectivity index (χ1v) is 8.50. The smallest absolute Gasteiger partial charge is 0.236 e. The molecule has 0 spiro atoms.